The highest BCUT2D eigenvalue weighted by molar-refractivity contribution is 5.28. The van der Waals surface area contributed by atoms with E-state index in [9.17, 15) is 13.9 Å². The Morgan fingerprint density at radius 2 is 1.67 bits per heavy atom. The van der Waals surface area contributed by atoms with Crippen molar-refractivity contribution < 1.29 is 18.6 Å². The molecule has 1 aromatic carbocycles. The van der Waals surface area contributed by atoms with Gasteiger partial charge in [-0.3, -0.25) is 0 Å². The number of aliphatic hydroxyl groups excluding tert-OH is 1. The predicted molar refractivity (Wildman–Crippen MR) is 64.6 cm³/mol. The first-order valence-corrected chi connectivity index (χ1v) is 6.39. The molecule has 0 heterocycles. The second-order valence-electron chi connectivity index (χ2n) is 4.79. The number of hydrogen-bond acceptors (Lipinski definition) is 2. The molecule has 0 amide bonds. The van der Waals surface area contributed by atoms with Crippen molar-refractivity contribution in [1.29, 1.82) is 0 Å². The van der Waals surface area contributed by atoms with Gasteiger partial charge in [0.15, 0.2) is 0 Å². The molecule has 0 saturated heterocycles. The molecular weight excluding hydrogens is 238 g/mol. The predicted octanol–water partition coefficient (Wildman–Crippen LogP) is 3.90. The van der Waals surface area contributed by atoms with E-state index < -0.39 is 12.7 Å². The number of hydrogen-bond donors (Lipinski definition) is 1. The summed E-state index contributed by atoms with van der Waals surface area (Å²) in [5, 5.41) is 10.2. The second kappa shape index (κ2) is 6.14. The minimum absolute atomic E-state index is 0.129. The molecule has 1 saturated carbocycles. The number of rotatable bonds is 4. The van der Waals surface area contributed by atoms with Crippen LogP contribution in [0.5, 0.6) is 5.75 Å². The summed E-state index contributed by atoms with van der Waals surface area (Å²) in [6.07, 6.45) is 5.14. The van der Waals surface area contributed by atoms with Crippen molar-refractivity contribution in [2.45, 2.75) is 44.8 Å². The molecule has 1 atom stereocenters. The fourth-order valence-corrected chi connectivity index (χ4v) is 2.57. The highest BCUT2D eigenvalue weighted by Crippen LogP contribution is 2.34. The van der Waals surface area contributed by atoms with Crippen molar-refractivity contribution in [2.24, 2.45) is 5.92 Å². The molecule has 2 rings (SSSR count). The van der Waals surface area contributed by atoms with Crippen LogP contribution in [0.15, 0.2) is 24.3 Å². The van der Waals surface area contributed by atoms with E-state index in [2.05, 4.69) is 4.74 Å². The summed E-state index contributed by atoms with van der Waals surface area (Å²) in [6.45, 7) is -2.81. The fourth-order valence-electron chi connectivity index (χ4n) is 2.57. The number of alkyl halides is 2. The van der Waals surface area contributed by atoms with Crippen LogP contribution in [0.3, 0.4) is 0 Å². The molecule has 1 aliphatic carbocycles. The van der Waals surface area contributed by atoms with E-state index >= 15 is 0 Å². The smallest absolute Gasteiger partial charge is 0.387 e. The van der Waals surface area contributed by atoms with E-state index in [1.54, 1.807) is 12.1 Å². The third-order valence-corrected chi connectivity index (χ3v) is 3.54. The summed E-state index contributed by atoms with van der Waals surface area (Å²) >= 11 is 0. The first-order valence-electron chi connectivity index (χ1n) is 6.39. The Balaban J connectivity index is 1.99. The van der Waals surface area contributed by atoms with Gasteiger partial charge in [-0.25, -0.2) is 0 Å². The van der Waals surface area contributed by atoms with Gasteiger partial charge in [-0.1, -0.05) is 31.4 Å². The Morgan fingerprint density at radius 1 is 1.06 bits per heavy atom. The number of ether oxygens (including phenoxy) is 1. The molecule has 0 aromatic heterocycles. The van der Waals surface area contributed by atoms with Gasteiger partial charge in [0.2, 0.25) is 0 Å². The molecule has 1 fully saturated rings. The van der Waals surface area contributed by atoms with Crippen molar-refractivity contribution in [3.63, 3.8) is 0 Å². The normalized spacial score (nSPS) is 18.9. The third-order valence-electron chi connectivity index (χ3n) is 3.54. The molecule has 4 heteroatoms. The summed E-state index contributed by atoms with van der Waals surface area (Å²) in [7, 11) is 0. The third kappa shape index (κ3) is 3.42. The topological polar surface area (TPSA) is 29.5 Å². The Morgan fingerprint density at radius 3 is 2.22 bits per heavy atom. The molecule has 0 bridgehead atoms. The van der Waals surface area contributed by atoms with Gasteiger partial charge < -0.3 is 9.84 Å². The lowest BCUT2D eigenvalue weighted by Crippen LogP contribution is -2.15. The molecule has 18 heavy (non-hydrogen) atoms. The van der Waals surface area contributed by atoms with E-state index in [1.807, 2.05) is 0 Å². The maximum absolute atomic E-state index is 12.0. The monoisotopic (exact) mass is 256 g/mol. The molecular formula is C14H18F2O2. The van der Waals surface area contributed by atoms with Crippen molar-refractivity contribution >= 4 is 0 Å². The zero-order chi connectivity index (χ0) is 13.0. The summed E-state index contributed by atoms with van der Waals surface area (Å²) in [6, 6.07) is 6.29. The zero-order valence-corrected chi connectivity index (χ0v) is 10.2. The Bertz CT molecular complexity index is 359. The Hall–Kier alpha value is -1.16. The van der Waals surface area contributed by atoms with Crippen molar-refractivity contribution in [3.8, 4) is 5.75 Å². The van der Waals surface area contributed by atoms with Crippen LogP contribution in [0.25, 0.3) is 0 Å². The van der Waals surface area contributed by atoms with Gasteiger partial charge in [0, 0.05) is 0 Å². The van der Waals surface area contributed by atoms with Crippen LogP contribution in [0, 0.1) is 5.92 Å². The van der Waals surface area contributed by atoms with Crippen molar-refractivity contribution in [1.82, 2.24) is 0 Å². The van der Waals surface area contributed by atoms with Crippen molar-refractivity contribution in [3.05, 3.63) is 29.8 Å². The lowest BCUT2D eigenvalue weighted by atomic mass is 9.83. The van der Waals surface area contributed by atoms with Crippen LogP contribution >= 0.6 is 0 Å². The number of aliphatic hydroxyl groups is 1. The van der Waals surface area contributed by atoms with Crippen molar-refractivity contribution in [2.75, 3.05) is 0 Å². The largest absolute Gasteiger partial charge is 0.435 e. The van der Waals surface area contributed by atoms with Gasteiger partial charge in [-0.15, -0.1) is 0 Å². The number of halogens is 2. The molecule has 100 valence electrons. The molecule has 2 nitrogen and oxygen atoms in total. The van der Waals surface area contributed by atoms with Crippen LogP contribution in [0.1, 0.15) is 43.8 Å². The minimum Gasteiger partial charge on any atom is -0.435 e. The Labute approximate surface area is 106 Å². The van der Waals surface area contributed by atoms with Crippen LogP contribution in [0.4, 0.5) is 8.78 Å². The maximum Gasteiger partial charge on any atom is 0.387 e. The molecule has 1 unspecified atom stereocenters. The molecule has 1 N–H and O–H groups in total. The SMILES string of the molecule is OC(c1ccc(OC(F)F)cc1)C1CCCCC1. The van der Waals surface area contributed by atoms with E-state index in [0.717, 1.165) is 31.2 Å². The Kier molecular flexibility index (Phi) is 4.53. The van der Waals surface area contributed by atoms with E-state index in [0.29, 0.717) is 5.92 Å². The first kappa shape index (κ1) is 13.3. The summed E-state index contributed by atoms with van der Waals surface area (Å²) in [5.41, 5.74) is 0.781. The summed E-state index contributed by atoms with van der Waals surface area (Å²) in [5.74, 6) is 0.421. The van der Waals surface area contributed by atoms with E-state index in [4.69, 9.17) is 0 Å². The molecule has 0 radical (unpaired) electrons. The highest BCUT2D eigenvalue weighted by Gasteiger charge is 2.22. The fraction of sp³-hybridized carbons (Fsp3) is 0.571. The lowest BCUT2D eigenvalue weighted by molar-refractivity contribution is -0.0498. The minimum atomic E-state index is -2.81. The van der Waals surface area contributed by atoms with Gasteiger partial charge in [0.1, 0.15) is 5.75 Å². The quantitative estimate of drug-likeness (QED) is 0.885. The zero-order valence-electron chi connectivity index (χ0n) is 10.2. The highest BCUT2D eigenvalue weighted by atomic mass is 19.3. The van der Waals surface area contributed by atoms with Crippen LogP contribution in [-0.4, -0.2) is 11.7 Å². The lowest BCUT2D eigenvalue weighted by Gasteiger charge is -2.26. The van der Waals surface area contributed by atoms with Gasteiger partial charge in [0.25, 0.3) is 0 Å². The first-order chi connectivity index (χ1) is 8.66. The van der Waals surface area contributed by atoms with E-state index in [-0.39, 0.29) is 5.75 Å². The summed E-state index contributed by atoms with van der Waals surface area (Å²) < 4.78 is 28.3. The summed E-state index contributed by atoms with van der Waals surface area (Å²) in [4.78, 5) is 0. The number of benzene rings is 1. The molecule has 1 aromatic rings. The van der Waals surface area contributed by atoms with Gasteiger partial charge in [0.05, 0.1) is 6.10 Å². The van der Waals surface area contributed by atoms with E-state index in [1.165, 1.54) is 18.6 Å². The average molecular weight is 256 g/mol. The average Bonchev–Trinajstić information content (AvgIpc) is 2.39. The van der Waals surface area contributed by atoms with Crippen LogP contribution < -0.4 is 4.74 Å². The van der Waals surface area contributed by atoms with Crippen LogP contribution in [0.2, 0.25) is 0 Å². The maximum atomic E-state index is 12.0. The molecule has 1 aliphatic rings. The van der Waals surface area contributed by atoms with Gasteiger partial charge in [-0.2, -0.15) is 8.78 Å². The molecule has 0 aliphatic heterocycles. The second-order valence-corrected chi connectivity index (χ2v) is 4.79. The molecule has 0 spiro atoms. The van der Waals surface area contributed by atoms with Gasteiger partial charge >= 0.3 is 6.61 Å². The van der Waals surface area contributed by atoms with Crippen LogP contribution in [-0.2, 0) is 0 Å². The van der Waals surface area contributed by atoms with Gasteiger partial charge in [-0.05, 0) is 36.5 Å². The standard InChI is InChI=1S/C14H18F2O2/c15-14(16)18-12-8-6-11(7-9-12)13(17)10-4-2-1-3-5-10/h6-10,13-14,17H,1-5H2.